The fourth-order valence-corrected chi connectivity index (χ4v) is 2.52. The molecule has 0 unspecified atom stereocenters. The van der Waals surface area contributed by atoms with Crippen molar-refractivity contribution in [2.24, 2.45) is 0 Å². The lowest BCUT2D eigenvalue weighted by atomic mass is 10.1. The number of anilines is 1. The SMILES string of the molecule is CCCCCCCCNc1ccc(C(=O)OCC[NH+](C)C)cc1OC. The van der Waals surface area contributed by atoms with Crippen molar-refractivity contribution in [1.82, 2.24) is 0 Å². The molecule has 0 bridgehead atoms. The molecule has 5 heteroatoms. The van der Waals surface area contributed by atoms with E-state index in [4.69, 9.17) is 9.47 Å². The summed E-state index contributed by atoms with van der Waals surface area (Å²) in [5.74, 6) is 0.376. The summed E-state index contributed by atoms with van der Waals surface area (Å²) in [4.78, 5) is 13.3. The van der Waals surface area contributed by atoms with Gasteiger partial charge >= 0.3 is 5.97 Å². The fraction of sp³-hybridized carbons (Fsp3) is 0.650. The molecule has 25 heavy (non-hydrogen) atoms. The highest BCUT2D eigenvalue weighted by Gasteiger charge is 2.12. The van der Waals surface area contributed by atoms with E-state index in [1.165, 1.54) is 37.0 Å². The van der Waals surface area contributed by atoms with Crippen LogP contribution in [0, 0.1) is 0 Å². The standard InChI is InChI=1S/C20H34N2O3/c1-5-6-7-8-9-10-13-21-18-12-11-17(16-19(18)24-4)20(23)25-15-14-22(2)3/h11-12,16,21H,5-10,13-15H2,1-4H3/p+1. The van der Waals surface area contributed by atoms with Gasteiger partial charge in [0.25, 0.3) is 0 Å². The van der Waals surface area contributed by atoms with Crippen LogP contribution >= 0.6 is 0 Å². The first-order valence-electron chi connectivity index (χ1n) is 9.46. The van der Waals surface area contributed by atoms with Gasteiger partial charge in [0.05, 0.1) is 32.5 Å². The number of likely N-dealkylation sites (N-methyl/N-ethyl adjacent to an activating group) is 1. The van der Waals surface area contributed by atoms with Crippen LogP contribution < -0.4 is 15.0 Å². The molecule has 2 N–H and O–H groups in total. The Bertz CT molecular complexity index is 504. The van der Waals surface area contributed by atoms with Crippen LogP contribution in [0.25, 0.3) is 0 Å². The zero-order chi connectivity index (χ0) is 18.5. The number of methoxy groups -OCH3 is 1. The van der Waals surface area contributed by atoms with Crippen LogP contribution in [0.3, 0.4) is 0 Å². The van der Waals surface area contributed by atoms with Crippen LogP contribution in [-0.2, 0) is 4.74 Å². The number of nitrogens with one attached hydrogen (secondary N) is 2. The molecule has 0 saturated heterocycles. The lowest BCUT2D eigenvalue weighted by Crippen LogP contribution is -3.06. The molecule has 1 aromatic rings. The van der Waals surface area contributed by atoms with Crippen LogP contribution in [0.4, 0.5) is 5.69 Å². The highest BCUT2D eigenvalue weighted by Crippen LogP contribution is 2.26. The summed E-state index contributed by atoms with van der Waals surface area (Å²) in [5.41, 5.74) is 1.45. The Hall–Kier alpha value is -1.75. The average molecular weight is 352 g/mol. The molecule has 0 spiro atoms. The van der Waals surface area contributed by atoms with E-state index in [9.17, 15) is 4.79 Å². The molecule has 0 atom stereocenters. The molecule has 142 valence electrons. The van der Waals surface area contributed by atoms with E-state index >= 15 is 0 Å². The quantitative estimate of drug-likeness (QED) is 0.424. The van der Waals surface area contributed by atoms with Gasteiger partial charge in [0.2, 0.25) is 0 Å². The Labute approximate surface area is 152 Å². The molecule has 0 aliphatic carbocycles. The first-order valence-corrected chi connectivity index (χ1v) is 9.46. The van der Waals surface area contributed by atoms with E-state index < -0.39 is 0 Å². The van der Waals surface area contributed by atoms with Gasteiger partial charge in [-0.25, -0.2) is 4.79 Å². The maximum absolute atomic E-state index is 12.1. The second kappa shape index (κ2) is 12.6. The smallest absolute Gasteiger partial charge is 0.338 e. The summed E-state index contributed by atoms with van der Waals surface area (Å²) in [7, 11) is 5.68. The van der Waals surface area contributed by atoms with Crippen LogP contribution in [0.2, 0.25) is 0 Å². The van der Waals surface area contributed by atoms with Gasteiger partial charge in [0.1, 0.15) is 18.9 Å². The third kappa shape index (κ3) is 8.77. The van der Waals surface area contributed by atoms with Crippen LogP contribution in [0.15, 0.2) is 18.2 Å². The van der Waals surface area contributed by atoms with E-state index in [2.05, 4.69) is 12.2 Å². The number of hydrogen-bond donors (Lipinski definition) is 2. The molecule has 0 heterocycles. The molecule has 0 amide bonds. The van der Waals surface area contributed by atoms with Crippen molar-refractivity contribution < 1.29 is 19.2 Å². The summed E-state index contributed by atoms with van der Waals surface area (Å²) < 4.78 is 10.7. The number of quaternary nitrogens is 1. The second-order valence-electron chi connectivity index (χ2n) is 6.70. The minimum absolute atomic E-state index is 0.304. The van der Waals surface area contributed by atoms with Crippen LogP contribution in [-0.4, -0.2) is 46.9 Å². The summed E-state index contributed by atoms with van der Waals surface area (Å²) in [6.45, 7) is 4.36. The number of ether oxygens (including phenoxy) is 2. The van der Waals surface area contributed by atoms with Gasteiger partial charge < -0.3 is 19.7 Å². The minimum atomic E-state index is -0.304. The van der Waals surface area contributed by atoms with Gasteiger partial charge in [-0.1, -0.05) is 39.0 Å². The van der Waals surface area contributed by atoms with E-state index in [1.807, 2.05) is 20.2 Å². The highest BCUT2D eigenvalue weighted by molar-refractivity contribution is 5.90. The van der Waals surface area contributed by atoms with Gasteiger partial charge in [-0.05, 0) is 24.6 Å². The molecule has 0 aromatic heterocycles. The number of unbranched alkanes of at least 4 members (excludes halogenated alkanes) is 5. The Balaban J connectivity index is 2.44. The van der Waals surface area contributed by atoms with E-state index in [0.29, 0.717) is 17.9 Å². The zero-order valence-electron chi connectivity index (χ0n) is 16.3. The van der Waals surface area contributed by atoms with Crippen LogP contribution in [0.1, 0.15) is 55.8 Å². The largest absolute Gasteiger partial charge is 0.495 e. The fourth-order valence-electron chi connectivity index (χ4n) is 2.52. The van der Waals surface area contributed by atoms with Crippen molar-refractivity contribution in [3.63, 3.8) is 0 Å². The zero-order valence-corrected chi connectivity index (χ0v) is 16.3. The first-order chi connectivity index (χ1) is 12.1. The summed E-state index contributed by atoms with van der Waals surface area (Å²) in [6.07, 6.45) is 7.62. The summed E-state index contributed by atoms with van der Waals surface area (Å²) in [5, 5.41) is 3.40. The van der Waals surface area contributed by atoms with Crippen molar-refractivity contribution in [3.05, 3.63) is 23.8 Å². The lowest BCUT2D eigenvalue weighted by Gasteiger charge is -2.13. The molecule has 0 aliphatic rings. The van der Waals surface area contributed by atoms with Crippen molar-refractivity contribution >= 4 is 11.7 Å². The summed E-state index contributed by atoms with van der Waals surface area (Å²) in [6, 6.07) is 5.43. The number of carbonyl (C=O) groups excluding carboxylic acids is 1. The predicted octanol–water partition coefficient (Wildman–Crippen LogP) is 2.77. The van der Waals surface area contributed by atoms with Gasteiger partial charge in [-0.15, -0.1) is 0 Å². The lowest BCUT2D eigenvalue weighted by molar-refractivity contribution is -0.858. The highest BCUT2D eigenvalue weighted by atomic mass is 16.5. The Kier molecular flexibility index (Phi) is 10.7. The van der Waals surface area contributed by atoms with Crippen molar-refractivity contribution in [3.8, 4) is 5.75 Å². The monoisotopic (exact) mass is 351 g/mol. The number of hydrogen-bond acceptors (Lipinski definition) is 4. The minimum Gasteiger partial charge on any atom is -0.495 e. The van der Waals surface area contributed by atoms with E-state index in [-0.39, 0.29) is 5.97 Å². The molecule has 0 radical (unpaired) electrons. The molecule has 0 saturated carbocycles. The van der Waals surface area contributed by atoms with E-state index in [0.717, 1.165) is 25.2 Å². The maximum Gasteiger partial charge on any atom is 0.338 e. The average Bonchev–Trinajstić information content (AvgIpc) is 2.60. The third-order valence-corrected chi connectivity index (χ3v) is 4.12. The Morgan fingerprint density at radius 1 is 1.12 bits per heavy atom. The molecular weight excluding hydrogens is 316 g/mol. The number of esters is 1. The Morgan fingerprint density at radius 2 is 1.84 bits per heavy atom. The van der Waals surface area contributed by atoms with Gasteiger partial charge in [-0.3, -0.25) is 0 Å². The van der Waals surface area contributed by atoms with Gasteiger partial charge in [0.15, 0.2) is 0 Å². The molecule has 1 aromatic carbocycles. The summed E-state index contributed by atoms with van der Waals surface area (Å²) >= 11 is 0. The molecule has 0 fully saturated rings. The molecule has 0 aliphatic heterocycles. The van der Waals surface area contributed by atoms with Crippen LogP contribution in [0.5, 0.6) is 5.75 Å². The number of benzene rings is 1. The van der Waals surface area contributed by atoms with Crippen molar-refractivity contribution in [1.29, 1.82) is 0 Å². The topological polar surface area (TPSA) is 52.0 Å². The maximum atomic E-state index is 12.1. The normalized spacial score (nSPS) is 10.8. The van der Waals surface area contributed by atoms with Gasteiger partial charge in [-0.2, -0.15) is 0 Å². The molecular formula is C20H35N2O3+. The second-order valence-corrected chi connectivity index (χ2v) is 6.70. The molecule has 1 rings (SSSR count). The molecule has 5 nitrogen and oxygen atoms in total. The van der Waals surface area contributed by atoms with Gasteiger partial charge in [0, 0.05) is 6.54 Å². The Morgan fingerprint density at radius 3 is 2.52 bits per heavy atom. The number of carbonyl (C=O) groups is 1. The van der Waals surface area contributed by atoms with E-state index in [1.54, 1.807) is 19.2 Å². The third-order valence-electron chi connectivity index (χ3n) is 4.12. The number of rotatable bonds is 13. The predicted molar refractivity (Wildman–Crippen MR) is 103 cm³/mol. The van der Waals surface area contributed by atoms with Crippen molar-refractivity contribution in [2.45, 2.75) is 45.4 Å². The van der Waals surface area contributed by atoms with Crippen molar-refractivity contribution in [2.75, 3.05) is 46.2 Å². The first kappa shape index (κ1) is 21.3.